The maximum absolute atomic E-state index is 13.8. The normalized spacial score (nSPS) is 11.7. The van der Waals surface area contributed by atoms with Crippen molar-refractivity contribution in [3.8, 4) is 11.3 Å². The molecule has 0 saturated heterocycles. The summed E-state index contributed by atoms with van der Waals surface area (Å²) in [5.41, 5.74) is 0.0302. The molecule has 0 bridgehead atoms. The highest BCUT2D eigenvalue weighted by atomic mass is 32.2. The van der Waals surface area contributed by atoms with Crippen LogP contribution in [0.25, 0.3) is 16.9 Å². The molecule has 0 aliphatic heterocycles. The zero-order valence-corrected chi connectivity index (χ0v) is 20.1. The average molecular weight is 545 g/mol. The van der Waals surface area contributed by atoms with Crippen LogP contribution in [0.2, 0.25) is 0 Å². The predicted molar refractivity (Wildman–Crippen MR) is 131 cm³/mol. The molecule has 0 spiro atoms. The van der Waals surface area contributed by atoms with Crippen molar-refractivity contribution in [3.05, 3.63) is 89.4 Å². The molecule has 14 heteroatoms. The van der Waals surface area contributed by atoms with Gasteiger partial charge in [-0.15, -0.1) is 11.3 Å². The lowest BCUT2D eigenvalue weighted by Crippen LogP contribution is -2.14. The number of thiazole rings is 1. The molecule has 3 heterocycles. The molecular formula is C23H15F3N6O3S2. The summed E-state index contributed by atoms with van der Waals surface area (Å²) in [5, 5.41) is 8.31. The summed E-state index contributed by atoms with van der Waals surface area (Å²) in [7, 11) is -3.88. The van der Waals surface area contributed by atoms with Crippen molar-refractivity contribution >= 4 is 43.7 Å². The van der Waals surface area contributed by atoms with Gasteiger partial charge in [0.1, 0.15) is 17.1 Å². The Morgan fingerprint density at radius 2 is 1.78 bits per heavy atom. The number of hydrogen-bond donors (Lipinski definition) is 2. The minimum atomic E-state index is -3.88. The quantitative estimate of drug-likeness (QED) is 0.298. The number of benzene rings is 2. The van der Waals surface area contributed by atoms with Crippen LogP contribution in [0.5, 0.6) is 0 Å². The number of aromatic nitrogens is 4. The van der Waals surface area contributed by atoms with E-state index in [0.29, 0.717) is 5.56 Å². The number of nitrogens with zero attached hydrogens (tertiary/aromatic N) is 4. The van der Waals surface area contributed by atoms with Gasteiger partial charge in [0.25, 0.3) is 22.4 Å². The van der Waals surface area contributed by atoms with Gasteiger partial charge in [-0.3, -0.25) is 9.52 Å². The maximum atomic E-state index is 13.8. The molecule has 2 aromatic carbocycles. The number of carbonyl (C=O) groups is 1. The molecule has 0 aliphatic rings. The summed E-state index contributed by atoms with van der Waals surface area (Å²) in [6.45, 7) is 0. The summed E-state index contributed by atoms with van der Waals surface area (Å²) < 4.78 is 69.0. The third-order valence-electron chi connectivity index (χ3n) is 5.18. The van der Waals surface area contributed by atoms with Crippen LogP contribution >= 0.6 is 11.3 Å². The summed E-state index contributed by atoms with van der Waals surface area (Å²) in [4.78, 5) is 21.1. The summed E-state index contributed by atoms with van der Waals surface area (Å²) in [6, 6.07) is 11.6. The number of hydrogen-bond acceptors (Lipinski definition) is 7. The Labute approximate surface area is 211 Å². The van der Waals surface area contributed by atoms with Crippen molar-refractivity contribution in [1.29, 1.82) is 0 Å². The number of nitrogens with one attached hydrogen (secondary N) is 2. The number of halogens is 3. The van der Waals surface area contributed by atoms with Gasteiger partial charge in [0, 0.05) is 22.8 Å². The number of carbonyl (C=O) groups excluding carboxylic acids is 1. The Morgan fingerprint density at radius 1 is 1.05 bits per heavy atom. The van der Waals surface area contributed by atoms with E-state index in [4.69, 9.17) is 0 Å². The minimum absolute atomic E-state index is 0.0520. The Bertz CT molecular complexity index is 1690. The molecule has 0 unspecified atom stereocenters. The lowest BCUT2D eigenvalue weighted by atomic mass is 10.1. The molecule has 0 atom stereocenters. The van der Waals surface area contributed by atoms with E-state index in [1.54, 1.807) is 5.38 Å². The van der Waals surface area contributed by atoms with Crippen LogP contribution < -0.4 is 10.0 Å². The Hall–Kier alpha value is -4.30. The molecule has 3 aromatic heterocycles. The van der Waals surface area contributed by atoms with E-state index in [9.17, 15) is 26.4 Å². The number of rotatable bonds is 7. The highest BCUT2D eigenvalue weighted by Crippen LogP contribution is 2.27. The zero-order chi connectivity index (χ0) is 26.2. The first-order valence-electron chi connectivity index (χ1n) is 10.5. The molecule has 188 valence electrons. The van der Waals surface area contributed by atoms with Crippen LogP contribution in [0.4, 0.5) is 24.0 Å². The van der Waals surface area contributed by atoms with E-state index in [0.717, 1.165) is 28.1 Å². The van der Waals surface area contributed by atoms with Gasteiger partial charge in [0.15, 0.2) is 10.8 Å². The number of anilines is 2. The lowest BCUT2D eigenvalue weighted by molar-refractivity contribution is 0.102. The van der Waals surface area contributed by atoms with Gasteiger partial charge in [0.05, 0.1) is 16.8 Å². The van der Waals surface area contributed by atoms with Gasteiger partial charge >= 0.3 is 0 Å². The van der Waals surface area contributed by atoms with E-state index in [1.165, 1.54) is 54.7 Å². The first kappa shape index (κ1) is 24.4. The van der Waals surface area contributed by atoms with Crippen molar-refractivity contribution in [3.63, 3.8) is 0 Å². The molecule has 37 heavy (non-hydrogen) atoms. The van der Waals surface area contributed by atoms with Gasteiger partial charge in [-0.1, -0.05) is 0 Å². The molecule has 5 aromatic rings. The van der Waals surface area contributed by atoms with Crippen LogP contribution in [-0.4, -0.2) is 33.9 Å². The third kappa shape index (κ3) is 5.01. The SMILES string of the molecule is O=C(Nc1ccc(S(=O)(=O)Nc2nccs2)cc1)c1cnn2c(C(F)F)cc(-c3ccc(F)cc3)nc12. The fourth-order valence-electron chi connectivity index (χ4n) is 3.43. The van der Waals surface area contributed by atoms with E-state index in [-0.39, 0.29) is 32.6 Å². The second-order valence-corrected chi connectivity index (χ2v) is 10.2. The monoisotopic (exact) mass is 544 g/mol. The fourth-order valence-corrected chi connectivity index (χ4v) is 5.22. The topological polar surface area (TPSA) is 118 Å². The smallest absolute Gasteiger partial charge is 0.280 e. The van der Waals surface area contributed by atoms with Crippen molar-refractivity contribution in [2.75, 3.05) is 10.0 Å². The summed E-state index contributed by atoms with van der Waals surface area (Å²) >= 11 is 1.12. The molecular weight excluding hydrogens is 529 g/mol. The average Bonchev–Trinajstić information content (AvgIpc) is 3.53. The molecule has 5 rings (SSSR count). The van der Waals surface area contributed by atoms with Gasteiger partial charge < -0.3 is 5.32 Å². The highest BCUT2D eigenvalue weighted by Gasteiger charge is 2.22. The van der Waals surface area contributed by atoms with Crippen molar-refractivity contribution in [2.24, 2.45) is 0 Å². The molecule has 1 amide bonds. The van der Waals surface area contributed by atoms with E-state index in [1.807, 2.05) is 0 Å². The second-order valence-electron chi connectivity index (χ2n) is 7.59. The zero-order valence-electron chi connectivity index (χ0n) is 18.5. The minimum Gasteiger partial charge on any atom is -0.322 e. The first-order chi connectivity index (χ1) is 17.7. The number of alkyl halides is 2. The van der Waals surface area contributed by atoms with E-state index in [2.05, 4.69) is 25.1 Å². The largest absolute Gasteiger partial charge is 0.322 e. The number of fused-ring (bicyclic) bond motifs is 1. The van der Waals surface area contributed by atoms with Crippen LogP contribution in [-0.2, 0) is 10.0 Å². The highest BCUT2D eigenvalue weighted by molar-refractivity contribution is 7.93. The standard InChI is InChI=1S/C23H15F3N6O3S2/c24-14-3-1-13(2-4-14)18-11-19(20(25)26)32-21(30-18)17(12-28-32)22(33)29-15-5-7-16(8-6-15)37(34,35)31-23-27-9-10-36-23/h1-12,20H,(H,27,31)(H,29,33). The second kappa shape index (κ2) is 9.63. The van der Waals surface area contributed by atoms with E-state index >= 15 is 0 Å². The van der Waals surface area contributed by atoms with Crippen molar-refractivity contribution in [2.45, 2.75) is 11.3 Å². The van der Waals surface area contributed by atoms with Crippen LogP contribution in [0, 0.1) is 5.82 Å². The summed E-state index contributed by atoms with van der Waals surface area (Å²) in [5.74, 6) is -1.20. The fraction of sp³-hybridized carbons (Fsp3) is 0.0435. The van der Waals surface area contributed by atoms with Gasteiger partial charge in [-0.25, -0.2) is 36.1 Å². The third-order valence-corrected chi connectivity index (χ3v) is 7.36. The Morgan fingerprint density at radius 3 is 2.43 bits per heavy atom. The summed E-state index contributed by atoms with van der Waals surface area (Å²) in [6.07, 6.45) is -0.356. The van der Waals surface area contributed by atoms with Crippen LogP contribution in [0.15, 0.2) is 77.3 Å². The van der Waals surface area contributed by atoms with Crippen molar-refractivity contribution < 1.29 is 26.4 Å². The Balaban J connectivity index is 1.43. The first-order valence-corrected chi connectivity index (χ1v) is 12.8. The van der Waals surface area contributed by atoms with Gasteiger partial charge in [-0.2, -0.15) is 5.10 Å². The van der Waals surface area contributed by atoms with E-state index < -0.39 is 33.9 Å². The lowest BCUT2D eigenvalue weighted by Gasteiger charge is -2.09. The van der Waals surface area contributed by atoms with Crippen molar-refractivity contribution in [1.82, 2.24) is 19.6 Å². The molecule has 0 fully saturated rings. The van der Waals surface area contributed by atoms with Gasteiger partial charge in [0.2, 0.25) is 0 Å². The molecule has 2 N–H and O–H groups in total. The molecule has 0 radical (unpaired) electrons. The Kier molecular flexibility index (Phi) is 6.35. The molecule has 0 saturated carbocycles. The molecule has 0 aliphatic carbocycles. The predicted octanol–water partition coefficient (Wildman–Crippen LogP) is 4.98. The van der Waals surface area contributed by atoms with Crippen LogP contribution in [0.1, 0.15) is 22.5 Å². The van der Waals surface area contributed by atoms with Crippen LogP contribution in [0.3, 0.4) is 0 Å². The van der Waals surface area contributed by atoms with Gasteiger partial charge in [-0.05, 0) is 54.6 Å². The molecule has 9 nitrogen and oxygen atoms in total. The number of amides is 1. The number of sulfonamides is 1. The maximum Gasteiger partial charge on any atom is 0.280 e.